The number of benzene rings is 2. The first kappa shape index (κ1) is 18.0. The van der Waals surface area contributed by atoms with Gasteiger partial charge in [0, 0.05) is 17.8 Å². The first-order valence-corrected chi connectivity index (χ1v) is 8.35. The van der Waals surface area contributed by atoms with Gasteiger partial charge in [0.15, 0.2) is 0 Å². The Balaban J connectivity index is 2.30. The van der Waals surface area contributed by atoms with Crippen molar-refractivity contribution in [2.45, 2.75) is 26.7 Å². The molecule has 0 spiro atoms. The number of carbonyl (C=O) groups is 1. The molecule has 24 heavy (non-hydrogen) atoms. The molecule has 3 N–H and O–H groups in total. The van der Waals surface area contributed by atoms with E-state index in [1.807, 2.05) is 62.4 Å². The molecule has 0 unspecified atom stereocenters. The molecule has 2 aromatic carbocycles. The minimum atomic E-state index is -0.513. The largest absolute Gasteiger partial charge is 0.496 e. The normalized spacial score (nSPS) is 11.2. The topological polar surface area (TPSA) is 64.4 Å². The highest BCUT2D eigenvalue weighted by Gasteiger charge is 2.33. The van der Waals surface area contributed by atoms with Crippen molar-refractivity contribution in [3.05, 3.63) is 48.5 Å². The number of rotatable bonds is 7. The lowest BCUT2D eigenvalue weighted by atomic mass is 9.81. The van der Waals surface area contributed by atoms with E-state index in [-0.39, 0.29) is 5.91 Å². The smallest absolute Gasteiger partial charge is 0.231 e. The third kappa shape index (κ3) is 3.60. The van der Waals surface area contributed by atoms with Gasteiger partial charge in [-0.3, -0.25) is 4.79 Å². The highest BCUT2D eigenvalue weighted by atomic mass is 16.5. The lowest BCUT2D eigenvalue weighted by Gasteiger charge is -2.28. The molecule has 0 aliphatic carbocycles. The standard InChI is InChI=1S/C20H26N2O2/c1-4-20(5-2,14-21)19(23)22-16-10-8-9-15(13-16)17-11-6-7-12-18(17)24-3/h6-13H,4-5,14,21H2,1-3H3,(H,22,23). The van der Waals surface area contributed by atoms with Crippen LogP contribution in [0.3, 0.4) is 0 Å². The fourth-order valence-electron chi connectivity index (χ4n) is 2.86. The second-order valence-electron chi connectivity index (χ2n) is 5.93. The summed E-state index contributed by atoms with van der Waals surface area (Å²) in [5.74, 6) is 0.784. The quantitative estimate of drug-likeness (QED) is 0.806. The summed E-state index contributed by atoms with van der Waals surface area (Å²) in [4.78, 5) is 12.7. The van der Waals surface area contributed by atoms with E-state index in [0.29, 0.717) is 6.54 Å². The van der Waals surface area contributed by atoms with Crippen LogP contribution in [0.4, 0.5) is 5.69 Å². The van der Waals surface area contributed by atoms with Gasteiger partial charge in [0.2, 0.25) is 5.91 Å². The van der Waals surface area contributed by atoms with Crippen LogP contribution in [0.2, 0.25) is 0 Å². The Morgan fingerprint density at radius 1 is 1.12 bits per heavy atom. The van der Waals surface area contributed by atoms with Gasteiger partial charge in [-0.15, -0.1) is 0 Å². The lowest BCUT2D eigenvalue weighted by molar-refractivity contribution is -0.125. The van der Waals surface area contributed by atoms with Crippen molar-refractivity contribution in [2.75, 3.05) is 19.0 Å². The van der Waals surface area contributed by atoms with Crippen LogP contribution in [-0.2, 0) is 4.79 Å². The third-order valence-corrected chi connectivity index (χ3v) is 4.76. The summed E-state index contributed by atoms with van der Waals surface area (Å²) in [6.45, 7) is 4.35. The summed E-state index contributed by atoms with van der Waals surface area (Å²) < 4.78 is 5.42. The van der Waals surface area contributed by atoms with Crippen LogP contribution in [-0.4, -0.2) is 19.6 Å². The minimum Gasteiger partial charge on any atom is -0.496 e. The van der Waals surface area contributed by atoms with E-state index < -0.39 is 5.41 Å². The van der Waals surface area contributed by atoms with Crippen LogP contribution in [0, 0.1) is 5.41 Å². The van der Waals surface area contributed by atoms with Gasteiger partial charge in [-0.25, -0.2) is 0 Å². The van der Waals surface area contributed by atoms with E-state index in [4.69, 9.17) is 10.5 Å². The van der Waals surface area contributed by atoms with Crippen molar-refractivity contribution >= 4 is 11.6 Å². The molecule has 128 valence electrons. The monoisotopic (exact) mass is 326 g/mol. The molecule has 0 radical (unpaired) electrons. The van der Waals surface area contributed by atoms with E-state index in [1.54, 1.807) is 7.11 Å². The van der Waals surface area contributed by atoms with Crippen LogP contribution >= 0.6 is 0 Å². The molecule has 0 aromatic heterocycles. The molecule has 0 saturated carbocycles. The molecule has 1 amide bonds. The van der Waals surface area contributed by atoms with E-state index >= 15 is 0 Å². The Labute approximate surface area is 144 Å². The molecule has 0 bridgehead atoms. The lowest BCUT2D eigenvalue weighted by Crippen LogP contribution is -2.41. The van der Waals surface area contributed by atoms with E-state index in [1.165, 1.54) is 0 Å². The van der Waals surface area contributed by atoms with E-state index in [0.717, 1.165) is 35.4 Å². The Morgan fingerprint density at radius 3 is 2.46 bits per heavy atom. The maximum atomic E-state index is 12.7. The molecule has 4 heteroatoms. The predicted octanol–water partition coefficient (Wildman–Crippen LogP) is 4.07. The Hall–Kier alpha value is -2.33. The molecule has 2 rings (SSSR count). The number of nitrogens with one attached hydrogen (secondary N) is 1. The zero-order chi connectivity index (χ0) is 17.6. The summed E-state index contributed by atoms with van der Waals surface area (Å²) in [6.07, 6.45) is 1.44. The molecular weight excluding hydrogens is 300 g/mol. The summed E-state index contributed by atoms with van der Waals surface area (Å²) in [5, 5.41) is 3.02. The maximum absolute atomic E-state index is 12.7. The summed E-state index contributed by atoms with van der Waals surface area (Å²) in [5.41, 5.74) is 8.11. The van der Waals surface area contributed by atoms with Gasteiger partial charge in [0.25, 0.3) is 0 Å². The number of para-hydroxylation sites is 1. The van der Waals surface area contributed by atoms with Gasteiger partial charge in [0.1, 0.15) is 5.75 Å². The molecule has 2 aromatic rings. The van der Waals surface area contributed by atoms with E-state index in [2.05, 4.69) is 5.32 Å². The molecule has 0 aliphatic rings. The SMILES string of the molecule is CCC(CC)(CN)C(=O)Nc1cccc(-c2ccccc2OC)c1. The second kappa shape index (κ2) is 7.97. The van der Waals surface area contributed by atoms with Crippen molar-refractivity contribution in [2.24, 2.45) is 11.1 Å². The molecule has 0 saturated heterocycles. The second-order valence-corrected chi connectivity index (χ2v) is 5.93. The fraction of sp³-hybridized carbons (Fsp3) is 0.350. The van der Waals surface area contributed by atoms with Crippen LogP contribution < -0.4 is 15.8 Å². The molecule has 0 heterocycles. The number of hydrogen-bond acceptors (Lipinski definition) is 3. The van der Waals surface area contributed by atoms with Crippen molar-refractivity contribution in [1.82, 2.24) is 0 Å². The first-order chi connectivity index (χ1) is 11.6. The number of carbonyl (C=O) groups excluding carboxylic acids is 1. The van der Waals surface area contributed by atoms with Gasteiger partial charge in [0.05, 0.1) is 12.5 Å². The molecule has 0 fully saturated rings. The molecule has 4 nitrogen and oxygen atoms in total. The summed E-state index contributed by atoms with van der Waals surface area (Å²) in [6, 6.07) is 15.6. The number of methoxy groups -OCH3 is 1. The van der Waals surface area contributed by atoms with Crippen molar-refractivity contribution in [1.29, 1.82) is 0 Å². The van der Waals surface area contributed by atoms with Crippen LogP contribution in [0.15, 0.2) is 48.5 Å². The summed E-state index contributed by atoms with van der Waals surface area (Å²) >= 11 is 0. The number of hydrogen-bond donors (Lipinski definition) is 2. The van der Waals surface area contributed by atoms with Crippen molar-refractivity contribution < 1.29 is 9.53 Å². The minimum absolute atomic E-state index is 0.0211. The third-order valence-electron chi connectivity index (χ3n) is 4.76. The number of ether oxygens (including phenoxy) is 1. The van der Waals surface area contributed by atoms with Gasteiger partial charge in [-0.2, -0.15) is 0 Å². The van der Waals surface area contributed by atoms with Gasteiger partial charge in [-0.05, 0) is 36.6 Å². The molecular formula is C20H26N2O2. The van der Waals surface area contributed by atoms with Crippen molar-refractivity contribution in [3.63, 3.8) is 0 Å². The Bertz CT molecular complexity index is 685. The van der Waals surface area contributed by atoms with Gasteiger partial charge >= 0.3 is 0 Å². The average molecular weight is 326 g/mol. The van der Waals surface area contributed by atoms with Crippen LogP contribution in [0.5, 0.6) is 5.75 Å². The molecule has 0 aliphatic heterocycles. The van der Waals surface area contributed by atoms with Gasteiger partial charge < -0.3 is 15.8 Å². The van der Waals surface area contributed by atoms with Crippen LogP contribution in [0.1, 0.15) is 26.7 Å². The first-order valence-electron chi connectivity index (χ1n) is 8.35. The van der Waals surface area contributed by atoms with E-state index in [9.17, 15) is 4.79 Å². The summed E-state index contributed by atoms with van der Waals surface area (Å²) in [7, 11) is 1.66. The predicted molar refractivity (Wildman–Crippen MR) is 99.1 cm³/mol. The zero-order valence-corrected chi connectivity index (χ0v) is 14.6. The van der Waals surface area contributed by atoms with Crippen molar-refractivity contribution in [3.8, 4) is 16.9 Å². The highest BCUT2D eigenvalue weighted by Crippen LogP contribution is 2.32. The van der Waals surface area contributed by atoms with Crippen LogP contribution in [0.25, 0.3) is 11.1 Å². The van der Waals surface area contributed by atoms with Gasteiger partial charge in [-0.1, -0.05) is 44.2 Å². The zero-order valence-electron chi connectivity index (χ0n) is 14.6. The Morgan fingerprint density at radius 2 is 1.83 bits per heavy atom. The number of amides is 1. The maximum Gasteiger partial charge on any atom is 0.231 e. The molecule has 0 atom stereocenters. The number of anilines is 1. The number of nitrogens with two attached hydrogens (primary N) is 1. The Kier molecular flexibility index (Phi) is 5.99. The highest BCUT2D eigenvalue weighted by molar-refractivity contribution is 5.96. The average Bonchev–Trinajstić information content (AvgIpc) is 2.64. The fourth-order valence-corrected chi connectivity index (χ4v) is 2.86.